The fraction of sp³-hybridized carbons (Fsp3) is 0.250. The van der Waals surface area contributed by atoms with E-state index < -0.39 is 20.5 Å². The fourth-order valence-electron chi connectivity index (χ4n) is 3.46. The molecule has 3 aromatic rings. The molecule has 28 heavy (non-hydrogen) atoms. The molecule has 4 nitrogen and oxygen atoms in total. The summed E-state index contributed by atoms with van der Waals surface area (Å²) < 4.78 is 40.0. The van der Waals surface area contributed by atoms with E-state index in [4.69, 9.17) is 11.6 Å². The van der Waals surface area contributed by atoms with Gasteiger partial charge in [0.05, 0.1) is 16.2 Å². The van der Waals surface area contributed by atoms with Crippen LogP contribution in [0.2, 0.25) is 5.02 Å². The second-order valence-electron chi connectivity index (χ2n) is 6.87. The van der Waals surface area contributed by atoms with Crippen molar-refractivity contribution in [2.45, 2.75) is 35.4 Å². The van der Waals surface area contributed by atoms with Crippen LogP contribution in [0.3, 0.4) is 0 Å². The van der Waals surface area contributed by atoms with E-state index >= 15 is 0 Å². The van der Waals surface area contributed by atoms with Gasteiger partial charge in [0.25, 0.3) is 0 Å². The third-order valence-electron chi connectivity index (χ3n) is 5.06. The lowest BCUT2D eigenvalue weighted by Crippen LogP contribution is -2.42. The number of hydrogen-bond donors (Lipinski definition) is 1. The van der Waals surface area contributed by atoms with Crippen LogP contribution in [-0.2, 0) is 21.1 Å². The molecule has 0 atom stereocenters. The number of benzene rings is 2. The van der Waals surface area contributed by atoms with Gasteiger partial charge in [-0.1, -0.05) is 41.9 Å². The zero-order valence-corrected chi connectivity index (χ0v) is 17.2. The van der Waals surface area contributed by atoms with Gasteiger partial charge in [0.15, 0.2) is 9.84 Å². The van der Waals surface area contributed by atoms with E-state index in [-0.39, 0.29) is 16.3 Å². The minimum absolute atomic E-state index is 0.182. The normalized spacial score (nSPS) is 15.8. The smallest absolute Gasteiger partial charge is 0.187 e. The predicted octanol–water partition coefficient (Wildman–Crippen LogP) is 5.40. The molecule has 0 aliphatic heterocycles. The van der Waals surface area contributed by atoms with Crippen LogP contribution in [0.1, 0.15) is 29.8 Å². The summed E-state index contributed by atoms with van der Waals surface area (Å²) in [6.07, 6.45) is 4.38. The molecule has 2 aromatic carbocycles. The summed E-state index contributed by atoms with van der Waals surface area (Å²) in [7, 11) is -3.88. The number of sulfone groups is 1. The molecule has 1 N–H and O–H groups in total. The van der Waals surface area contributed by atoms with Crippen LogP contribution in [0.25, 0.3) is 0 Å². The minimum Gasteiger partial charge on any atom is -0.374 e. The zero-order valence-electron chi connectivity index (χ0n) is 14.9. The van der Waals surface area contributed by atoms with Gasteiger partial charge in [-0.2, -0.15) is 0 Å². The number of nitrogens with one attached hydrogen (secondary N) is 1. The fourth-order valence-corrected chi connectivity index (χ4v) is 6.08. The average molecular weight is 437 g/mol. The Morgan fingerprint density at radius 1 is 1.21 bits per heavy atom. The summed E-state index contributed by atoms with van der Waals surface area (Å²) in [6.45, 7) is 0. The summed E-state index contributed by atoms with van der Waals surface area (Å²) >= 11 is 7.57. The highest BCUT2D eigenvalue weighted by Crippen LogP contribution is 2.45. The lowest BCUT2D eigenvalue weighted by Gasteiger charge is -2.44. The van der Waals surface area contributed by atoms with Crippen LogP contribution in [-0.4, -0.2) is 13.4 Å². The molecule has 0 unspecified atom stereocenters. The number of nitrogens with zero attached hydrogens (tertiary/aromatic N) is 1. The second-order valence-corrected chi connectivity index (χ2v) is 10.2. The SMILES string of the molecule is O=S(=O)(Cc1nccs1)c1cc(Cl)c(NC2(c3ccccc3)CCC2)cc1F. The third-order valence-corrected chi connectivity index (χ3v) is 7.97. The number of halogens is 2. The second kappa shape index (κ2) is 7.46. The molecule has 8 heteroatoms. The molecule has 1 heterocycles. The van der Waals surface area contributed by atoms with Crippen LogP contribution in [0.15, 0.2) is 58.9 Å². The van der Waals surface area contributed by atoms with Crippen molar-refractivity contribution in [1.82, 2.24) is 4.98 Å². The van der Waals surface area contributed by atoms with E-state index in [0.29, 0.717) is 10.7 Å². The lowest BCUT2D eigenvalue weighted by atomic mass is 9.71. The van der Waals surface area contributed by atoms with Crippen LogP contribution in [0.4, 0.5) is 10.1 Å². The molecule has 0 amide bonds. The highest BCUT2D eigenvalue weighted by molar-refractivity contribution is 7.90. The molecule has 1 aliphatic carbocycles. The first-order valence-corrected chi connectivity index (χ1v) is 11.7. The molecule has 1 saturated carbocycles. The molecule has 146 valence electrons. The minimum atomic E-state index is -3.88. The highest BCUT2D eigenvalue weighted by Gasteiger charge is 2.39. The van der Waals surface area contributed by atoms with Gasteiger partial charge in [0.1, 0.15) is 21.5 Å². The van der Waals surface area contributed by atoms with E-state index in [1.165, 1.54) is 29.7 Å². The number of rotatable bonds is 6. The number of thiazole rings is 1. The van der Waals surface area contributed by atoms with Gasteiger partial charge >= 0.3 is 0 Å². The van der Waals surface area contributed by atoms with Gasteiger partial charge in [0, 0.05) is 11.6 Å². The van der Waals surface area contributed by atoms with E-state index in [1.807, 2.05) is 30.3 Å². The molecule has 0 radical (unpaired) electrons. The summed E-state index contributed by atoms with van der Waals surface area (Å²) in [5.41, 5.74) is 1.20. The van der Waals surface area contributed by atoms with Gasteiger partial charge < -0.3 is 5.32 Å². The van der Waals surface area contributed by atoms with Crippen LogP contribution >= 0.6 is 22.9 Å². The molecular formula is C20H18ClFN2O2S2. The maximum absolute atomic E-state index is 14.8. The van der Waals surface area contributed by atoms with Crippen LogP contribution in [0, 0.1) is 5.82 Å². The average Bonchev–Trinajstić information content (AvgIpc) is 3.13. The molecule has 1 fully saturated rings. The first kappa shape index (κ1) is 19.4. The largest absolute Gasteiger partial charge is 0.374 e. The Hall–Kier alpha value is -1.96. The van der Waals surface area contributed by atoms with Crippen LogP contribution < -0.4 is 5.32 Å². The summed E-state index contributed by atoms with van der Waals surface area (Å²) in [6, 6.07) is 12.3. The van der Waals surface area contributed by atoms with Crippen molar-refractivity contribution in [2.24, 2.45) is 0 Å². The first-order valence-electron chi connectivity index (χ1n) is 8.84. The van der Waals surface area contributed by atoms with E-state index in [9.17, 15) is 12.8 Å². The Labute approximate surface area is 172 Å². The Bertz CT molecular complexity index is 1080. The maximum atomic E-state index is 14.8. The molecule has 0 bridgehead atoms. The number of hydrogen-bond acceptors (Lipinski definition) is 5. The lowest BCUT2D eigenvalue weighted by molar-refractivity contribution is 0.284. The van der Waals surface area contributed by atoms with Crippen molar-refractivity contribution >= 4 is 38.5 Å². The number of anilines is 1. The Balaban J connectivity index is 1.65. The van der Waals surface area contributed by atoms with Crippen LogP contribution in [0.5, 0.6) is 0 Å². The van der Waals surface area contributed by atoms with Gasteiger partial charge in [-0.05, 0) is 37.0 Å². The summed E-state index contributed by atoms with van der Waals surface area (Å²) in [5.74, 6) is -1.16. The monoisotopic (exact) mass is 436 g/mol. The van der Waals surface area contributed by atoms with Crippen molar-refractivity contribution < 1.29 is 12.8 Å². The van der Waals surface area contributed by atoms with Crippen molar-refractivity contribution in [3.05, 3.63) is 75.5 Å². The Kier molecular flexibility index (Phi) is 5.16. The highest BCUT2D eigenvalue weighted by atomic mass is 35.5. The third kappa shape index (κ3) is 3.66. The summed E-state index contributed by atoms with van der Waals surface area (Å²) in [4.78, 5) is 3.57. The van der Waals surface area contributed by atoms with E-state index in [1.54, 1.807) is 5.38 Å². The quantitative estimate of drug-likeness (QED) is 0.562. The molecule has 0 saturated heterocycles. The molecule has 1 aromatic heterocycles. The molecule has 0 spiro atoms. The van der Waals surface area contributed by atoms with Crippen molar-refractivity contribution in [3.63, 3.8) is 0 Å². The zero-order chi connectivity index (χ0) is 19.8. The first-order chi connectivity index (χ1) is 13.4. The van der Waals surface area contributed by atoms with Crippen molar-refractivity contribution in [2.75, 3.05) is 5.32 Å². The van der Waals surface area contributed by atoms with E-state index in [0.717, 1.165) is 24.8 Å². The summed E-state index contributed by atoms with van der Waals surface area (Å²) in [5, 5.41) is 5.64. The van der Waals surface area contributed by atoms with Crippen molar-refractivity contribution in [1.29, 1.82) is 0 Å². The van der Waals surface area contributed by atoms with Gasteiger partial charge in [-0.3, -0.25) is 0 Å². The Morgan fingerprint density at radius 3 is 2.57 bits per heavy atom. The van der Waals surface area contributed by atoms with Gasteiger partial charge in [0.2, 0.25) is 0 Å². The van der Waals surface area contributed by atoms with Crippen molar-refractivity contribution in [3.8, 4) is 0 Å². The topological polar surface area (TPSA) is 59.1 Å². The molecule has 1 aliphatic rings. The Morgan fingerprint density at radius 2 is 1.96 bits per heavy atom. The standard InChI is InChI=1S/C20H18ClFN2O2S2/c21-15-11-18(28(25,26)13-19-23-9-10-27-19)16(22)12-17(15)24-20(7-4-8-20)14-5-2-1-3-6-14/h1-3,5-6,9-12,24H,4,7-8,13H2. The van der Waals surface area contributed by atoms with E-state index in [2.05, 4.69) is 10.3 Å². The number of aromatic nitrogens is 1. The van der Waals surface area contributed by atoms with Gasteiger partial charge in [-0.25, -0.2) is 17.8 Å². The predicted molar refractivity (Wildman–Crippen MR) is 110 cm³/mol. The molecule has 4 rings (SSSR count). The maximum Gasteiger partial charge on any atom is 0.187 e. The molecular weight excluding hydrogens is 419 g/mol. The van der Waals surface area contributed by atoms with Gasteiger partial charge in [-0.15, -0.1) is 11.3 Å².